The van der Waals surface area contributed by atoms with Gasteiger partial charge in [0.25, 0.3) is 0 Å². The van der Waals surface area contributed by atoms with Crippen LogP contribution in [0, 0.1) is 35.0 Å². The van der Waals surface area contributed by atoms with Crippen molar-refractivity contribution in [3.63, 3.8) is 0 Å². The number of hydrogen-bond donors (Lipinski definition) is 0. The van der Waals surface area contributed by atoms with Gasteiger partial charge in [-0.3, -0.25) is 0 Å². The Morgan fingerprint density at radius 1 is 1.00 bits per heavy atom. The third-order valence-corrected chi connectivity index (χ3v) is 5.90. The van der Waals surface area contributed by atoms with Crippen LogP contribution in [0.1, 0.15) is 43.2 Å². The zero-order valence-corrected chi connectivity index (χ0v) is 12.7. The fraction of sp³-hybridized carbons (Fsp3) is 0.526. The molecule has 120 valence electrons. The topological polar surface area (TPSA) is 23.8 Å². The number of nitriles is 1. The second-order valence-electron chi connectivity index (χ2n) is 7.33. The van der Waals surface area contributed by atoms with Gasteiger partial charge in [-0.2, -0.15) is 18.4 Å². The highest BCUT2D eigenvalue weighted by Crippen LogP contribution is 2.57. The van der Waals surface area contributed by atoms with Crippen molar-refractivity contribution >= 4 is 5.57 Å². The van der Waals surface area contributed by atoms with Crippen molar-refractivity contribution in [1.82, 2.24) is 0 Å². The van der Waals surface area contributed by atoms with Gasteiger partial charge in [-0.1, -0.05) is 12.1 Å². The molecular weight excluding hydrogens is 299 g/mol. The quantitative estimate of drug-likeness (QED) is 0.633. The maximum Gasteiger partial charge on any atom is 0.416 e. The minimum atomic E-state index is -4.37. The Morgan fingerprint density at radius 3 is 2.13 bits per heavy atom. The Bertz CT molecular complexity index is 678. The van der Waals surface area contributed by atoms with Crippen LogP contribution in [0.5, 0.6) is 0 Å². The van der Waals surface area contributed by atoms with Gasteiger partial charge in [-0.05, 0) is 79.0 Å². The Balaban J connectivity index is 1.79. The summed E-state index contributed by atoms with van der Waals surface area (Å²) in [5, 5.41) is 9.67. The van der Waals surface area contributed by atoms with E-state index >= 15 is 0 Å². The highest BCUT2D eigenvalue weighted by Gasteiger charge is 2.46. The molecule has 4 aliphatic carbocycles. The Hall–Kier alpha value is -1.76. The van der Waals surface area contributed by atoms with Crippen LogP contribution >= 0.6 is 0 Å². The molecule has 0 N–H and O–H groups in total. The standard InChI is InChI=1S/C19H18F3N/c20-19(21,22)16-3-1-2-13(9-16)17(10-23)18-14-5-11-4-12(7-14)8-15(18)6-11/h1-3,9,11-12,14-15H,4-8H2. The molecule has 0 radical (unpaired) electrons. The molecule has 23 heavy (non-hydrogen) atoms. The first-order chi connectivity index (χ1) is 11.0. The van der Waals surface area contributed by atoms with E-state index in [0.717, 1.165) is 55.2 Å². The molecule has 0 aromatic heterocycles. The van der Waals surface area contributed by atoms with Gasteiger partial charge in [0.15, 0.2) is 0 Å². The highest BCUT2D eigenvalue weighted by molar-refractivity contribution is 5.80. The van der Waals surface area contributed by atoms with Crippen molar-refractivity contribution in [3.8, 4) is 6.07 Å². The summed E-state index contributed by atoms with van der Waals surface area (Å²) in [5.74, 6) is 2.36. The first-order valence-electron chi connectivity index (χ1n) is 8.27. The van der Waals surface area contributed by atoms with Crippen molar-refractivity contribution in [3.05, 3.63) is 41.0 Å². The van der Waals surface area contributed by atoms with E-state index in [0.29, 0.717) is 23.0 Å². The fourth-order valence-electron chi connectivity index (χ4n) is 5.25. The monoisotopic (exact) mass is 317 g/mol. The summed E-state index contributed by atoms with van der Waals surface area (Å²) in [6.07, 6.45) is 1.41. The van der Waals surface area contributed by atoms with Gasteiger partial charge in [-0.25, -0.2) is 0 Å². The van der Waals surface area contributed by atoms with Gasteiger partial charge >= 0.3 is 6.18 Å². The van der Waals surface area contributed by atoms with Gasteiger partial charge in [-0.15, -0.1) is 0 Å². The summed E-state index contributed by atoms with van der Waals surface area (Å²) in [7, 11) is 0. The SMILES string of the molecule is N#CC(=C1C2CC3CC(C2)CC1C3)c1cccc(C(F)(F)F)c1. The predicted molar refractivity (Wildman–Crippen MR) is 81.0 cm³/mol. The van der Waals surface area contributed by atoms with Gasteiger partial charge < -0.3 is 0 Å². The number of nitrogens with zero attached hydrogens (tertiary/aromatic N) is 1. The molecule has 1 aromatic rings. The zero-order valence-electron chi connectivity index (χ0n) is 12.7. The van der Waals surface area contributed by atoms with E-state index < -0.39 is 11.7 Å². The molecule has 4 heteroatoms. The van der Waals surface area contributed by atoms with Gasteiger partial charge in [0.05, 0.1) is 17.2 Å². The molecule has 4 fully saturated rings. The van der Waals surface area contributed by atoms with Gasteiger partial charge in [0, 0.05) is 0 Å². The average Bonchev–Trinajstić information content (AvgIpc) is 2.49. The van der Waals surface area contributed by atoms with E-state index in [-0.39, 0.29) is 0 Å². The van der Waals surface area contributed by atoms with E-state index in [9.17, 15) is 18.4 Å². The maximum absolute atomic E-state index is 13.0. The molecule has 0 heterocycles. The number of benzene rings is 1. The molecule has 0 spiro atoms. The van der Waals surface area contributed by atoms with E-state index in [1.54, 1.807) is 6.07 Å². The van der Waals surface area contributed by atoms with Gasteiger partial charge in [0.2, 0.25) is 0 Å². The van der Waals surface area contributed by atoms with E-state index in [1.165, 1.54) is 12.5 Å². The molecule has 5 rings (SSSR count). The molecule has 4 aliphatic rings. The van der Waals surface area contributed by atoms with Crippen LogP contribution in [0.3, 0.4) is 0 Å². The molecular formula is C19H18F3N. The Morgan fingerprint density at radius 2 is 1.61 bits per heavy atom. The van der Waals surface area contributed by atoms with Crippen LogP contribution in [0.25, 0.3) is 5.57 Å². The fourth-order valence-corrected chi connectivity index (χ4v) is 5.25. The normalized spacial score (nSPS) is 32.0. The molecule has 4 saturated carbocycles. The van der Waals surface area contributed by atoms with Crippen LogP contribution in [0.2, 0.25) is 0 Å². The Labute approximate surface area is 133 Å². The minimum Gasteiger partial charge on any atom is -0.192 e. The molecule has 0 amide bonds. The number of allylic oxidation sites excluding steroid dienone is 2. The lowest BCUT2D eigenvalue weighted by atomic mass is 9.53. The molecule has 1 nitrogen and oxygen atoms in total. The van der Waals surface area contributed by atoms with Crippen LogP contribution < -0.4 is 0 Å². The van der Waals surface area contributed by atoms with E-state index in [4.69, 9.17) is 0 Å². The second-order valence-corrected chi connectivity index (χ2v) is 7.33. The van der Waals surface area contributed by atoms with Gasteiger partial charge in [0.1, 0.15) is 0 Å². The molecule has 0 atom stereocenters. The lowest BCUT2D eigenvalue weighted by molar-refractivity contribution is -0.137. The number of hydrogen-bond acceptors (Lipinski definition) is 1. The number of rotatable bonds is 1. The van der Waals surface area contributed by atoms with Crippen LogP contribution in [0.4, 0.5) is 13.2 Å². The predicted octanol–water partition coefficient (Wildman–Crippen LogP) is 5.44. The van der Waals surface area contributed by atoms with Crippen LogP contribution in [-0.4, -0.2) is 0 Å². The number of halogens is 3. The smallest absolute Gasteiger partial charge is 0.192 e. The summed E-state index contributed by atoms with van der Waals surface area (Å²) in [5.41, 5.74) is 1.42. The first kappa shape index (κ1) is 14.8. The van der Waals surface area contributed by atoms with E-state index in [2.05, 4.69) is 6.07 Å². The lowest BCUT2D eigenvalue weighted by Crippen LogP contribution is -2.40. The molecule has 0 saturated heterocycles. The van der Waals surface area contributed by atoms with E-state index in [1.807, 2.05) is 0 Å². The first-order valence-corrected chi connectivity index (χ1v) is 8.27. The highest BCUT2D eigenvalue weighted by atomic mass is 19.4. The van der Waals surface area contributed by atoms with Crippen molar-refractivity contribution in [2.24, 2.45) is 23.7 Å². The average molecular weight is 317 g/mol. The molecule has 1 aromatic carbocycles. The van der Waals surface area contributed by atoms with Crippen LogP contribution in [-0.2, 0) is 6.18 Å². The third kappa shape index (κ3) is 2.47. The summed E-state index contributed by atoms with van der Waals surface area (Å²) in [4.78, 5) is 0. The summed E-state index contributed by atoms with van der Waals surface area (Å²) in [6, 6.07) is 7.50. The largest absolute Gasteiger partial charge is 0.416 e. The molecule has 4 bridgehead atoms. The molecule has 0 aliphatic heterocycles. The summed E-state index contributed by atoms with van der Waals surface area (Å²) < 4.78 is 38.9. The summed E-state index contributed by atoms with van der Waals surface area (Å²) >= 11 is 0. The third-order valence-electron chi connectivity index (χ3n) is 5.90. The minimum absolute atomic E-state index is 0.412. The lowest BCUT2D eigenvalue weighted by Gasteiger charge is -2.51. The maximum atomic E-state index is 13.0. The van der Waals surface area contributed by atoms with Crippen molar-refractivity contribution < 1.29 is 13.2 Å². The number of alkyl halides is 3. The Kier molecular flexibility index (Phi) is 3.30. The van der Waals surface area contributed by atoms with Crippen molar-refractivity contribution in [2.45, 2.75) is 38.3 Å². The van der Waals surface area contributed by atoms with Crippen LogP contribution in [0.15, 0.2) is 29.8 Å². The molecule has 0 unspecified atom stereocenters. The second kappa shape index (κ2) is 5.12. The zero-order chi connectivity index (χ0) is 16.2. The van der Waals surface area contributed by atoms with Crippen molar-refractivity contribution in [1.29, 1.82) is 5.26 Å². The van der Waals surface area contributed by atoms with Crippen molar-refractivity contribution in [2.75, 3.05) is 0 Å². The summed E-state index contributed by atoms with van der Waals surface area (Å²) in [6.45, 7) is 0.